The van der Waals surface area contributed by atoms with Crippen LogP contribution in [-0.4, -0.2) is 25.3 Å². The average molecular weight is 318 g/mol. The third-order valence-corrected chi connectivity index (χ3v) is 6.87. The lowest BCUT2D eigenvalue weighted by molar-refractivity contribution is 0.133. The molecule has 0 spiro atoms. The van der Waals surface area contributed by atoms with Crippen LogP contribution < -0.4 is 0 Å². The van der Waals surface area contributed by atoms with E-state index in [0.29, 0.717) is 17.0 Å². The number of hydrogen-bond donors (Lipinski definition) is 0. The average Bonchev–Trinajstić information content (AvgIpc) is 2.68. The Balaban J connectivity index is 1.95. The maximum absolute atomic E-state index is 13.0. The van der Waals surface area contributed by atoms with Gasteiger partial charge in [-0.1, -0.05) is 20.8 Å². The Morgan fingerprint density at radius 3 is 2.41 bits per heavy atom. The molecular weight excluding hydrogens is 296 g/mol. The Hall–Kier alpha value is -1.38. The van der Waals surface area contributed by atoms with Gasteiger partial charge in [-0.15, -0.1) is 0 Å². The van der Waals surface area contributed by atoms with Crippen molar-refractivity contribution in [3.63, 3.8) is 0 Å². The maximum atomic E-state index is 13.0. The molecule has 1 aliphatic heterocycles. The van der Waals surface area contributed by atoms with Crippen molar-refractivity contribution in [2.24, 2.45) is 10.8 Å². The summed E-state index contributed by atoms with van der Waals surface area (Å²) >= 11 is 0. The second kappa shape index (κ2) is 4.81. The number of fused-ring (bicyclic) bond motifs is 2. The first kappa shape index (κ1) is 15.5. The largest absolute Gasteiger partial charge is 0.243 e. The number of benzene rings is 1. The molecule has 0 aromatic heterocycles. The predicted octanol–water partition coefficient (Wildman–Crippen LogP) is 3.15. The molecule has 1 saturated heterocycles. The van der Waals surface area contributed by atoms with Gasteiger partial charge in [-0.05, 0) is 54.4 Å². The maximum Gasteiger partial charge on any atom is 0.243 e. The highest BCUT2D eigenvalue weighted by Gasteiger charge is 2.53. The third-order valence-electron chi connectivity index (χ3n) is 4.96. The fourth-order valence-electron chi connectivity index (χ4n) is 4.53. The second-order valence-corrected chi connectivity index (χ2v) is 9.79. The molecule has 1 aromatic carbocycles. The minimum absolute atomic E-state index is 0.0755. The van der Waals surface area contributed by atoms with Crippen LogP contribution >= 0.6 is 0 Å². The van der Waals surface area contributed by atoms with Crippen LogP contribution in [0.25, 0.3) is 0 Å². The molecule has 0 amide bonds. The van der Waals surface area contributed by atoms with Crippen LogP contribution in [0.1, 0.15) is 45.6 Å². The van der Waals surface area contributed by atoms with Gasteiger partial charge in [-0.3, -0.25) is 0 Å². The van der Waals surface area contributed by atoms with Gasteiger partial charge in [0.05, 0.1) is 16.5 Å². The monoisotopic (exact) mass is 318 g/mol. The highest BCUT2D eigenvalue weighted by molar-refractivity contribution is 7.89. The Morgan fingerprint density at radius 2 is 1.82 bits per heavy atom. The van der Waals surface area contributed by atoms with Crippen LogP contribution in [0.4, 0.5) is 0 Å². The first-order valence-electron chi connectivity index (χ1n) is 7.67. The van der Waals surface area contributed by atoms with Crippen LogP contribution in [0.15, 0.2) is 29.2 Å². The van der Waals surface area contributed by atoms with Crippen LogP contribution in [0.5, 0.6) is 0 Å². The van der Waals surface area contributed by atoms with E-state index in [-0.39, 0.29) is 16.9 Å². The summed E-state index contributed by atoms with van der Waals surface area (Å²) in [5, 5.41) is 8.85. The molecular formula is C17H22N2O2S. The number of rotatable bonds is 2. The fraction of sp³-hybridized carbons (Fsp3) is 0.588. The highest BCUT2D eigenvalue weighted by Crippen LogP contribution is 2.53. The molecule has 2 bridgehead atoms. The van der Waals surface area contributed by atoms with Gasteiger partial charge >= 0.3 is 0 Å². The zero-order chi connectivity index (χ0) is 16.2. The Labute approximate surface area is 132 Å². The summed E-state index contributed by atoms with van der Waals surface area (Å²) in [6.45, 7) is 7.27. The van der Waals surface area contributed by atoms with Crippen LogP contribution in [0.3, 0.4) is 0 Å². The molecule has 0 radical (unpaired) electrons. The lowest BCUT2D eigenvalue weighted by Gasteiger charge is -2.39. The number of hydrogen-bond acceptors (Lipinski definition) is 3. The van der Waals surface area contributed by atoms with Crippen molar-refractivity contribution >= 4 is 10.0 Å². The minimum Gasteiger partial charge on any atom is -0.207 e. The summed E-state index contributed by atoms with van der Waals surface area (Å²) in [6, 6.07) is 8.34. The summed E-state index contributed by atoms with van der Waals surface area (Å²) < 4.78 is 27.6. The van der Waals surface area contributed by atoms with Crippen molar-refractivity contribution < 1.29 is 8.42 Å². The second-order valence-electron chi connectivity index (χ2n) is 7.90. The van der Waals surface area contributed by atoms with E-state index in [0.717, 1.165) is 19.3 Å². The zero-order valence-corrected chi connectivity index (χ0v) is 14.2. The molecule has 0 N–H and O–H groups in total. The van der Waals surface area contributed by atoms with Crippen molar-refractivity contribution in [1.29, 1.82) is 5.26 Å². The summed E-state index contributed by atoms with van der Waals surface area (Å²) in [5.41, 5.74) is 0.741. The Bertz CT molecular complexity index is 731. The smallest absolute Gasteiger partial charge is 0.207 e. The first-order chi connectivity index (χ1) is 10.2. The first-order valence-corrected chi connectivity index (χ1v) is 9.11. The molecule has 2 aliphatic rings. The zero-order valence-electron chi connectivity index (χ0n) is 13.3. The van der Waals surface area contributed by atoms with Crippen molar-refractivity contribution in [2.75, 3.05) is 6.54 Å². The van der Waals surface area contributed by atoms with Gasteiger partial charge in [0.15, 0.2) is 0 Å². The molecule has 3 rings (SSSR count). The van der Waals surface area contributed by atoms with E-state index in [9.17, 15) is 8.42 Å². The van der Waals surface area contributed by atoms with Crippen LogP contribution in [0.2, 0.25) is 0 Å². The van der Waals surface area contributed by atoms with E-state index in [2.05, 4.69) is 20.8 Å². The molecule has 2 unspecified atom stereocenters. The number of sulfonamides is 1. The quantitative estimate of drug-likeness (QED) is 0.841. The number of nitriles is 1. The SMILES string of the molecule is CC1(C)CC2CC(C)(CN2S(=O)(=O)c2ccc(C#N)cc2)C1. The van der Waals surface area contributed by atoms with Gasteiger partial charge < -0.3 is 0 Å². The Morgan fingerprint density at radius 1 is 1.18 bits per heavy atom. The fourth-order valence-corrected chi connectivity index (χ4v) is 6.30. The summed E-state index contributed by atoms with van der Waals surface area (Å²) in [6.07, 6.45) is 2.93. The van der Waals surface area contributed by atoms with Gasteiger partial charge in [-0.2, -0.15) is 9.57 Å². The Kier molecular flexibility index (Phi) is 3.39. The summed E-state index contributed by atoms with van der Waals surface area (Å²) in [7, 11) is -3.48. The van der Waals surface area contributed by atoms with Crippen molar-refractivity contribution in [3.05, 3.63) is 29.8 Å². The highest BCUT2D eigenvalue weighted by atomic mass is 32.2. The molecule has 22 heavy (non-hydrogen) atoms. The minimum atomic E-state index is -3.48. The standard InChI is InChI=1S/C17H22N2O2S/c1-16(2)8-14-9-17(3,11-16)12-19(14)22(20,21)15-6-4-13(10-18)5-7-15/h4-7,14H,8-9,11-12H2,1-3H3. The topological polar surface area (TPSA) is 61.2 Å². The van der Waals surface area contributed by atoms with Gasteiger partial charge in [-0.25, -0.2) is 8.42 Å². The van der Waals surface area contributed by atoms with Crippen molar-refractivity contribution in [2.45, 2.75) is 51.0 Å². The normalized spacial score (nSPS) is 30.9. The molecule has 1 aliphatic carbocycles. The van der Waals surface area contributed by atoms with Gasteiger partial charge in [0.2, 0.25) is 10.0 Å². The molecule has 1 aromatic rings. The molecule has 1 heterocycles. The third kappa shape index (κ3) is 2.55. The van der Waals surface area contributed by atoms with E-state index in [1.807, 2.05) is 6.07 Å². The van der Waals surface area contributed by atoms with E-state index < -0.39 is 10.0 Å². The van der Waals surface area contributed by atoms with Crippen molar-refractivity contribution in [3.8, 4) is 6.07 Å². The van der Waals surface area contributed by atoms with E-state index in [1.165, 1.54) is 0 Å². The van der Waals surface area contributed by atoms with Crippen molar-refractivity contribution in [1.82, 2.24) is 4.31 Å². The van der Waals surface area contributed by atoms with Gasteiger partial charge in [0, 0.05) is 12.6 Å². The molecule has 2 fully saturated rings. The van der Waals surface area contributed by atoms with Crippen LogP contribution in [0, 0.1) is 22.2 Å². The van der Waals surface area contributed by atoms with E-state index in [1.54, 1.807) is 28.6 Å². The van der Waals surface area contributed by atoms with Crippen LogP contribution in [-0.2, 0) is 10.0 Å². The predicted molar refractivity (Wildman–Crippen MR) is 84.6 cm³/mol. The lowest BCUT2D eigenvalue weighted by Crippen LogP contribution is -2.37. The molecule has 1 saturated carbocycles. The van der Waals surface area contributed by atoms with Gasteiger partial charge in [0.25, 0.3) is 0 Å². The summed E-state index contributed by atoms with van der Waals surface area (Å²) in [4.78, 5) is 0.292. The molecule has 118 valence electrons. The van der Waals surface area contributed by atoms with Gasteiger partial charge in [0.1, 0.15) is 0 Å². The van der Waals surface area contributed by atoms with E-state index >= 15 is 0 Å². The lowest BCUT2D eigenvalue weighted by atomic mass is 9.65. The molecule has 5 heteroatoms. The number of nitrogens with zero attached hydrogens (tertiary/aromatic N) is 2. The molecule has 2 atom stereocenters. The summed E-state index contributed by atoms with van der Waals surface area (Å²) in [5.74, 6) is 0. The van der Waals surface area contributed by atoms with E-state index in [4.69, 9.17) is 5.26 Å². The molecule has 4 nitrogen and oxygen atoms in total.